The molecule has 30 heavy (non-hydrogen) atoms. The van der Waals surface area contributed by atoms with Gasteiger partial charge in [0.1, 0.15) is 11.3 Å². The first-order valence-electron chi connectivity index (χ1n) is 8.88. The minimum absolute atomic E-state index is 0.138. The Labute approximate surface area is 180 Å². The topological polar surface area (TPSA) is 45.7 Å². The number of aromatic nitrogens is 1. The quantitative estimate of drug-likeness (QED) is 0.511. The number of carbonyl (C=O) groups excluding carboxylic acids is 1. The standard InChI is InChI=1S/C20H19ClF3N3O2S/c1-26(2)10-11-27(18(28)12-4-6-13(7-5-12)20(22,23)24)19-25-16-15(29-3)9-8-14(21)17(16)30-19/h4-9H,10-11H2,1-3H3. The van der Waals surface area contributed by atoms with Crippen molar-refractivity contribution in [2.75, 3.05) is 39.2 Å². The Morgan fingerprint density at radius 2 is 1.80 bits per heavy atom. The highest BCUT2D eigenvalue weighted by atomic mass is 35.5. The van der Waals surface area contributed by atoms with E-state index in [-0.39, 0.29) is 5.56 Å². The molecule has 0 aliphatic heterocycles. The first-order chi connectivity index (χ1) is 14.1. The van der Waals surface area contributed by atoms with Crippen molar-refractivity contribution >= 4 is 44.2 Å². The monoisotopic (exact) mass is 457 g/mol. The van der Waals surface area contributed by atoms with Gasteiger partial charge in [-0.1, -0.05) is 22.9 Å². The number of likely N-dealkylation sites (N-methyl/N-ethyl adjacent to an activating group) is 1. The number of benzene rings is 2. The number of hydrogen-bond acceptors (Lipinski definition) is 5. The van der Waals surface area contributed by atoms with Crippen LogP contribution in [0, 0.1) is 0 Å². The number of methoxy groups -OCH3 is 1. The molecule has 0 spiro atoms. The predicted molar refractivity (Wildman–Crippen MR) is 113 cm³/mol. The number of anilines is 1. The van der Waals surface area contributed by atoms with Gasteiger partial charge in [-0.2, -0.15) is 13.2 Å². The zero-order valence-corrected chi connectivity index (χ0v) is 18.0. The Morgan fingerprint density at radius 1 is 1.13 bits per heavy atom. The lowest BCUT2D eigenvalue weighted by atomic mass is 10.1. The summed E-state index contributed by atoms with van der Waals surface area (Å²) in [6.45, 7) is 0.833. The van der Waals surface area contributed by atoms with Gasteiger partial charge in [-0.15, -0.1) is 0 Å². The molecule has 10 heteroatoms. The van der Waals surface area contributed by atoms with Crippen LogP contribution >= 0.6 is 22.9 Å². The third kappa shape index (κ3) is 4.69. The highest BCUT2D eigenvalue weighted by Crippen LogP contribution is 2.39. The van der Waals surface area contributed by atoms with E-state index in [4.69, 9.17) is 16.3 Å². The number of carbonyl (C=O) groups is 1. The molecule has 0 fully saturated rings. The summed E-state index contributed by atoms with van der Waals surface area (Å²) in [6.07, 6.45) is -4.47. The number of nitrogens with zero attached hydrogens (tertiary/aromatic N) is 3. The Kier molecular flexibility index (Phi) is 6.54. The number of thiazole rings is 1. The first-order valence-corrected chi connectivity index (χ1v) is 10.1. The third-order valence-electron chi connectivity index (χ3n) is 4.37. The van der Waals surface area contributed by atoms with Crippen molar-refractivity contribution < 1.29 is 22.7 Å². The smallest absolute Gasteiger partial charge is 0.416 e. The van der Waals surface area contributed by atoms with Crippen LogP contribution in [0.15, 0.2) is 36.4 Å². The minimum Gasteiger partial charge on any atom is -0.494 e. The van der Waals surface area contributed by atoms with E-state index in [1.807, 2.05) is 19.0 Å². The molecular formula is C20H19ClF3N3O2S. The lowest BCUT2D eigenvalue weighted by Crippen LogP contribution is -2.36. The summed E-state index contributed by atoms with van der Waals surface area (Å²) < 4.78 is 44.5. The highest BCUT2D eigenvalue weighted by molar-refractivity contribution is 7.23. The summed E-state index contributed by atoms with van der Waals surface area (Å²) in [5.74, 6) is 0.0751. The molecule has 3 rings (SSSR count). The second-order valence-corrected chi connectivity index (χ2v) is 8.14. The predicted octanol–water partition coefficient (Wildman–Crippen LogP) is 5.19. The summed E-state index contributed by atoms with van der Waals surface area (Å²) in [5, 5.41) is 0.868. The van der Waals surface area contributed by atoms with E-state index in [0.717, 1.165) is 12.1 Å². The molecule has 0 atom stereocenters. The van der Waals surface area contributed by atoms with Crippen LogP contribution in [-0.2, 0) is 6.18 Å². The van der Waals surface area contributed by atoms with Crippen molar-refractivity contribution in [3.63, 3.8) is 0 Å². The second kappa shape index (κ2) is 8.79. The molecule has 1 aromatic heterocycles. The Hall–Kier alpha value is -2.36. The van der Waals surface area contributed by atoms with E-state index >= 15 is 0 Å². The van der Waals surface area contributed by atoms with Crippen LogP contribution in [0.3, 0.4) is 0 Å². The molecule has 0 N–H and O–H groups in total. The van der Waals surface area contributed by atoms with E-state index in [2.05, 4.69) is 4.98 Å². The molecule has 0 aliphatic rings. The van der Waals surface area contributed by atoms with E-state index in [9.17, 15) is 18.0 Å². The van der Waals surface area contributed by atoms with Crippen LogP contribution < -0.4 is 9.64 Å². The number of rotatable bonds is 6. The van der Waals surface area contributed by atoms with E-state index < -0.39 is 17.6 Å². The Bertz CT molecular complexity index is 1050. The van der Waals surface area contributed by atoms with Crippen molar-refractivity contribution in [2.45, 2.75) is 6.18 Å². The van der Waals surface area contributed by atoms with Crippen LogP contribution in [0.2, 0.25) is 5.02 Å². The largest absolute Gasteiger partial charge is 0.494 e. The van der Waals surface area contributed by atoms with E-state index in [1.165, 1.54) is 35.5 Å². The van der Waals surface area contributed by atoms with Gasteiger partial charge >= 0.3 is 6.18 Å². The van der Waals surface area contributed by atoms with Gasteiger partial charge in [0.05, 0.1) is 22.4 Å². The normalized spacial score (nSPS) is 11.9. The molecule has 0 unspecified atom stereocenters. The number of hydrogen-bond donors (Lipinski definition) is 0. The summed E-state index contributed by atoms with van der Waals surface area (Å²) in [6, 6.07) is 7.52. The van der Waals surface area contributed by atoms with Gasteiger partial charge in [-0.25, -0.2) is 4.98 Å². The fourth-order valence-electron chi connectivity index (χ4n) is 2.76. The molecule has 0 aliphatic carbocycles. The molecule has 0 bridgehead atoms. The van der Waals surface area contributed by atoms with Crippen molar-refractivity contribution in [2.24, 2.45) is 0 Å². The number of alkyl halides is 3. The average Bonchev–Trinajstić information content (AvgIpc) is 3.13. The van der Waals surface area contributed by atoms with Gasteiger partial charge < -0.3 is 9.64 Å². The minimum atomic E-state index is -4.47. The maximum Gasteiger partial charge on any atom is 0.416 e. The molecule has 1 amide bonds. The summed E-state index contributed by atoms with van der Waals surface area (Å²) in [7, 11) is 5.23. The third-order valence-corrected chi connectivity index (χ3v) is 5.91. The molecule has 3 aromatic rings. The number of amides is 1. The van der Waals surface area contributed by atoms with Gasteiger partial charge in [-0.05, 0) is 50.5 Å². The summed E-state index contributed by atoms with van der Waals surface area (Å²) in [5.41, 5.74) is -0.144. The lowest BCUT2D eigenvalue weighted by molar-refractivity contribution is -0.137. The second-order valence-electron chi connectivity index (χ2n) is 6.76. The van der Waals surface area contributed by atoms with Gasteiger partial charge in [0.25, 0.3) is 5.91 Å². The molecule has 0 saturated carbocycles. The SMILES string of the molecule is COc1ccc(Cl)c2sc(N(CCN(C)C)C(=O)c3ccc(C(F)(F)F)cc3)nc12. The highest BCUT2D eigenvalue weighted by Gasteiger charge is 2.31. The Morgan fingerprint density at radius 3 is 2.37 bits per heavy atom. The average molecular weight is 458 g/mol. The van der Waals surface area contributed by atoms with E-state index in [0.29, 0.717) is 39.2 Å². The fraction of sp³-hybridized carbons (Fsp3) is 0.300. The zero-order chi connectivity index (χ0) is 22.1. The molecule has 160 valence electrons. The molecular weight excluding hydrogens is 439 g/mol. The molecule has 2 aromatic carbocycles. The maximum atomic E-state index is 13.2. The molecule has 1 heterocycles. The summed E-state index contributed by atoms with van der Waals surface area (Å²) >= 11 is 7.51. The van der Waals surface area contributed by atoms with Gasteiger partial charge in [-0.3, -0.25) is 9.69 Å². The lowest BCUT2D eigenvalue weighted by Gasteiger charge is -2.22. The number of halogens is 4. The van der Waals surface area contributed by atoms with Crippen LogP contribution in [0.25, 0.3) is 10.2 Å². The van der Waals surface area contributed by atoms with Crippen molar-refractivity contribution in [1.29, 1.82) is 0 Å². The van der Waals surface area contributed by atoms with Gasteiger partial charge in [0.15, 0.2) is 5.13 Å². The van der Waals surface area contributed by atoms with Crippen molar-refractivity contribution in [3.8, 4) is 5.75 Å². The van der Waals surface area contributed by atoms with Gasteiger partial charge in [0.2, 0.25) is 0 Å². The fourth-order valence-corrected chi connectivity index (χ4v) is 4.04. The maximum absolute atomic E-state index is 13.2. The van der Waals surface area contributed by atoms with Crippen LogP contribution in [0.1, 0.15) is 15.9 Å². The number of fused-ring (bicyclic) bond motifs is 1. The first kappa shape index (κ1) is 22.3. The van der Waals surface area contributed by atoms with E-state index in [1.54, 1.807) is 12.1 Å². The molecule has 0 saturated heterocycles. The Balaban J connectivity index is 2.02. The van der Waals surface area contributed by atoms with Crippen molar-refractivity contribution in [1.82, 2.24) is 9.88 Å². The van der Waals surface area contributed by atoms with Crippen LogP contribution in [-0.4, -0.2) is 50.1 Å². The van der Waals surface area contributed by atoms with Crippen LogP contribution in [0.5, 0.6) is 5.75 Å². The van der Waals surface area contributed by atoms with Crippen LogP contribution in [0.4, 0.5) is 18.3 Å². The summed E-state index contributed by atoms with van der Waals surface area (Å²) in [4.78, 5) is 21.0. The molecule has 5 nitrogen and oxygen atoms in total. The zero-order valence-electron chi connectivity index (χ0n) is 16.5. The van der Waals surface area contributed by atoms with Gasteiger partial charge in [0, 0.05) is 18.7 Å². The van der Waals surface area contributed by atoms with Crippen molar-refractivity contribution in [3.05, 3.63) is 52.5 Å². The molecule has 0 radical (unpaired) electrons. The number of ether oxygens (including phenoxy) is 1.